The maximum atomic E-state index is 5.51. The summed E-state index contributed by atoms with van der Waals surface area (Å²) in [7, 11) is 0. The van der Waals surface area contributed by atoms with Gasteiger partial charge in [-0.2, -0.15) is 0 Å². The number of nitrogens with one attached hydrogen (secondary N) is 1. The smallest absolute Gasteiger partial charge is 0.0506 e. The minimum atomic E-state index is 0.704. The summed E-state index contributed by atoms with van der Waals surface area (Å²) in [5, 5.41) is 3.59. The maximum Gasteiger partial charge on any atom is 0.0506 e. The molecule has 1 unspecified atom stereocenters. The van der Waals surface area contributed by atoms with E-state index in [1.807, 2.05) is 0 Å². The molecule has 1 fully saturated rings. The second kappa shape index (κ2) is 6.41. The second-order valence-corrected chi connectivity index (χ2v) is 4.84. The van der Waals surface area contributed by atoms with Crippen molar-refractivity contribution in [3.05, 3.63) is 0 Å². The Balaban J connectivity index is 2.12. The second-order valence-electron chi connectivity index (χ2n) is 4.84. The molecule has 2 nitrogen and oxygen atoms in total. The Bertz CT molecular complexity index is 143. The topological polar surface area (TPSA) is 21.3 Å². The Labute approximate surface area is 88.4 Å². The van der Waals surface area contributed by atoms with Gasteiger partial charge in [0.15, 0.2) is 0 Å². The number of hydrogen-bond acceptors (Lipinski definition) is 2. The van der Waals surface area contributed by atoms with Crippen LogP contribution in [0.5, 0.6) is 0 Å². The van der Waals surface area contributed by atoms with Crippen LogP contribution in [0.4, 0.5) is 0 Å². The molecule has 0 saturated heterocycles. The summed E-state index contributed by atoms with van der Waals surface area (Å²) >= 11 is 0. The minimum Gasteiger partial charge on any atom is -0.381 e. The van der Waals surface area contributed by atoms with Gasteiger partial charge in [0.1, 0.15) is 0 Å². The van der Waals surface area contributed by atoms with Crippen molar-refractivity contribution in [3.8, 4) is 0 Å². The molecule has 2 heteroatoms. The summed E-state index contributed by atoms with van der Waals surface area (Å²) in [6, 6.07) is 0.825. The van der Waals surface area contributed by atoms with Gasteiger partial charge in [-0.05, 0) is 38.0 Å². The molecule has 0 aromatic carbocycles. The molecule has 1 N–H and O–H groups in total. The lowest BCUT2D eigenvalue weighted by atomic mass is 9.98. The van der Waals surface area contributed by atoms with Crippen LogP contribution in [-0.4, -0.2) is 25.8 Å². The molecule has 1 aliphatic carbocycles. The zero-order valence-electron chi connectivity index (χ0n) is 9.88. The standard InChI is InChI=1S/C12H25NO/c1-4-14-9-11(7-10(2)3)8-13-12-5-6-12/h10-13H,4-9H2,1-3H3. The Kier molecular flexibility index (Phi) is 5.49. The van der Waals surface area contributed by atoms with E-state index in [-0.39, 0.29) is 0 Å². The minimum absolute atomic E-state index is 0.704. The van der Waals surface area contributed by atoms with Crippen LogP contribution in [0.1, 0.15) is 40.0 Å². The molecule has 84 valence electrons. The van der Waals surface area contributed by atoms with Crippen LogP contribution in [0.3, 0.4) is 0 Å². The zero-order valence-corrected chi connectivity index (χ0v) is 9.88. The third-order valence-electron chi connectivity index (χ3n) is 2.63. The third-order valence-corrected chi connectivity index (χ3v) is 2.63. The summed E-state index contributed by atoms with van der Waals surface area (Å²) in [4.78, 5) is 0. The van der Waals surface area contributed by atoms with Crippen LogP contribution < -0.4 is 5.32 Å². The van der Waals surface area contributed by atoms with Crippen LogP contribution in [-0.2, 0) is 4.74 Å². The van der Waals surface area contributed by atoms with Crippen LogP contribution in [0.25, 0.3) is 0 Å². The van der Waals surface area contributed by atoms with E-state index in [1.54, 1.807) is 0 Å². The van der Waals surface area contributed by atoms with E-state index >= 15 is 0 Å². The Morgan fingerprint density at radius 3 is 2.57 bits per heavy atom. The van der Waals surface area contributed by atoms with Crippen molar-refractivity contribution in [2.75, 3.05) is 19.8 Å². The van der Waals surface area contributed by atoms with Crippen molar-refractivity contribution < 1.29 is 4.74 Å². The van der Waals surface area contributed by atoms with Crippen molar-refractivity contribution >= 4 is 0 Å². The molecule has 1 atom stereocenters. The van der Waals surface area contributed by atoms with Gasteiger partial charge in [0.05, 0.1) is 6.61 Å². The molecule has 0 aliphatic heterocycles. The van der Waals surface area contributed by atoms with Gasteiger partial charge in [-0.1, -0.05) is 13.8 Å². The van der Waals surface area contributed by atoms with E-state index in [2.05, 4.69) is 26.1 Å². The van der Waals surface area contributed by atoms with Crippen molar-refractivity contribution in [2.45, 2.75) is 46.1 Å². The van der Waals surface area contributed by atoms with Crippen LogP contribution >= 0.6 is 0 Å². The van der Waals surface area contributed by atoms with Crippen LogP contribution in [0.2, 0.25) is 0 Å². The highest BCUT2D eigenvalue weighted by molar-refractivity contribution is 4.82. The lowest BCUT2D eigenvalue weighted by Gasteiger charge is -2.19. The molecule has 0 aromatic heterocycles. The molecule has 0 spiro atoms. The predicted molar refractivity (Wildman–Crippen MR) is 60.5 cm³/mol. The summed E-state index contributed by atoms with van der Waals surface area (Å²) in [5.41, 5.74) is 0. The molecule has 0 heterocycles. The fourth-order valence-electron chi connectivity index (χ4n) is 1.78. The van der Waals surface area contributed by atoms with Gasteiger partial charge in [-0.3, -0.25) is 0 Å². The molecular formula is C12H25NO. The molecule has 1 saturated carbocycles. The molecule has 14 heavy (non-hydrogen) atoms. The maximum absolute atomic E-state index is 5.51. The Hall–Kier alpha value is -0.0800. The highest BCUT2D eigenvalue weighted by Gasteiger charge is 2.22. The van der Waals surface area contributed by atoms with E-state index < -0.39 is 0 Å². The molecule has 1 aliphatic rings. The molecule has 0 bridgehead atoms. The fourth-order valence-corrected chi connectivity index (χ4v) is 1.78. The Morgan fingerprint density at radius 2 is 2.07 bits per heavy atom. The average molecular weight is 199 g/mol. The number of hydrogen-bond donors (Lipinski definition) is 1. The first-order chi connectivity index (χ1) is 6.72. The van der Waals surface area contributed by atoms with Crippen molar-refractivity contribution in [1.82, 2.24) is 5.32 Å². The lowest BCUT2D eigenvalue weighted by molar-refractivity contribution is 0.101. The van der Waals surface area contributed by atoms with Gasteiger partial charge in [0.25, 0.3) is 0 Å². The summed E-state index contributed by atoms with van der Waals surface area (Å²) in [5.74, 6) is 1.48. The fraction of sp³-hybridized carbons (Fsp3) is 1.00. The predicted octanol–water partition coefficient (Wildman–Crippen LogP) is 2.44. The molecular weight excluding hydrogens is 174 g/mol. The summed E-state index contributed by atoms with van der Waals surface area (Å²) in [6.07, 6.45) is 4.03. The molecule has 0 aromatic rings. The van der Waals surface area contributed by atoms with E-state index in [1.165, 1.54) is 19.3 Å². The zero-order chi connectivity index (χ0) is 10.4. The third kappa shape index (κ3) is 5.61. The van der Waals surface area contributed by atoms with E-state index in [4.69, 9.17) is 4.74 Å². The van der Waals surface area contributed by atoms with Crippen molar-refractivity contribution in [1.29, 1.82) is 0 Å². The highest BCUT2D eigenvalue weighted by Crippen LogP contribution is 2.20. The number of ether oxygens (including phenoxy) is 1. The Morgan fingerprint density at radius 1 is 1.36 bits per heavy atom. The molecule has 0 radical (unpaired) electrons. The summed E-state index contributed by atoms with van der Waals surface area (Å²) in [6.45, 7) is 9.56. The van der Waals surface area contributed by atoms with E-state index in [0.29, 0.717) is 5.92 Å². The first-order valence-corrected chi connectivity index (χ1v) is 6.03. The van der Waals surface area contributed by atoms with Gasteiger partial charge < -0.3 is 10.1 Å². The van der Waals surface area contributed by atoms with Gasteiger partial charge in [-0.25, -0.2) is 0 Å². The normalized spacial score (nSPS) is 18.9. The lowest BCUT2D eigenvalue weighted by Crippen LogP contribution is -2.28. The van der Waals surface area contributed by atoms with Gasteiger partial charge in [0, 0.05) is 19.2 Å². The quantitative estimate of drug-likeness (QED) is 0.648. The van der Waals surface area contributed by atoms with Crippen molar-refractivity contribution in [3.63, 3.8) is 0 Å². The van der Waals surface area contributed by atoms with Gasteiger partial charge in [-0.15, -0.1) is 0 Å². The molecule has 1 rings (SSSR count). The highest BCUT2D eigenvalue weighted by atomic mass is 16.5. The molecule has 0 amide bonds. The van der Waals surface area contributed by atoms with Crippen LogP contribution in [0.15, 0.2) is 0 Å². The average Bonchev–Trinajstić information content (AvgIpc) is 2.92. The largest absolute Gasteiger partial charge is 0.381 e. The number of rotatable bonds is 8. The van der Waals surface area contributed by atoms with Crippen LogP contribution in [0, 0.1) is 11.8 Å². The first-order valence-electron chi connectivity index (χ1n) is 6.03. The first kappa shape index (κ1) is 12.0. The van der Waals surface area contributed by atoms with E-state index in [9.17, 15) is 0 Å². The SMILES string of the molecule is CCOCC(CNC1CC1)CC(C)C. The van der Waals surface area contributed by atoms with E-state index in [0.717, 1.165) is 31.7 Å². The van der Waals surface area contributed by atoms with Crippen molar-refractivity contribution in [2.24, 2.45) is 11.8 Å². The summed E-state index contributed by atoms with van der Waals surface area (Å²) < 4.78 is 5.51. The monoisotopic (exact) mass is 199 g/mol. The van der Waals surface area contributed by atoms with Gasteiger partial charge >= 0.3 is 0 Å². The van der Waals surface area contributed by atoms with Gasteiger partial charge in [0.2, 0.25) is 0 Å².